The Kier molecular flexibility index (Phi) is 6.17. The number of hydrogen-bond acceptors (Lipinski definition) is 4. The fourth-order valence-electron chi connectivity index (χ4n) is 2.88. The van der Waals surface area contributed by atoms with Crippen LogP contribution in [0.3, 0.4) is 0 Å². The molecule has 2 amide bonds. The van der Waals surface area contributed by atoms with E-state index in [1.165, 1.54) is 18.2 Å². The molecule has 2 aromatic rings. The zero-order valence-corrected chi connectivity index (χ0v) is 17.6. The molecule has 1 heterocycles. The smallest absolute Gasteiger partial charge is 0.251 e. The summed E-state index contributed by atoms with van der Waals surface area (Å²) >= 11 is 3.37. The Morgan fingerprint density at radius 3 is 2.61 bits per heavy atom. The summed E-state index contributed by atoms with van der Waals surface area (Å²) in [7, 11) is -3.85. The van der Waals surface area contributed by atoms with Crippen LogP contribution in [0.2, 0.25) is 0 Å². The van der Waals surface area contributed by atoms with Crippen LogP contribution in [0, 0.1) is 0 Å². The lowest BCUT2D eigenvalue weighted by molar-refractivity contribution is -0.122. The summed E-state index contributed by atoms with van der Waals surface area (Å²) < 4.78 is 27.6. The Labute approximate surface area is 172 Å². The third-order valence-corrected chi connectivity index (χ3v) is 6.82. The summed E-state index contributed by atoms with van der Waals surface area (Å²) in [6.07, 6.45) is 0. The maximum Gasteiger partial charge on any atom is 0.251 e. The number of amides is 2. The molecule has 0 aromatic heterocycles. The van der Waals surface area contributed by atoms with E-state index in [0.717, 1.165) is 14.3 Å². The highest BCUT2D eigenvalue weighted by Crippen LogP contribution is 2.20. The number of hydrogen-bond donors (Lipinski definition) is 2. The van der Waals surface area contributed by atoms with Gasteiger partial charge in [0.1, 0.15) is 0 Å². The molecule has 1 aliphatic rings. The zero-order chi connectivity index (χ0) is 20.3. The second-order valence-corrected chi connectivity index (χ2v) is 9.32. The van der Waals surface area contributed by atoms with Crippen molar-refractivity contribution in [3.05, 3.63) is 64.1 Å². The molecule has 148 valence electrons. The van der Waals surface area contributed by atoms with Gasteiger partial charge in [0.05, 0.1) is 17.5 Å². The number of halogens is 1. The second kappa shape index (κ2) is 8.42. The first kappa shape index (κ1) is 20.5. The molecule has 1 aliphatic heterocycles. The summed E-state index contributed by atoms with van der Waals surface area (Å²) in [6.45, 7) is 2.10. The van der Waals surface area contributed by atoms with Gasteiger partial charge in [0.15, 0.2) is 0 Å². The Bertz CT molecular complexity index is 992. The number of sulfonamides is 1. The van der Waals surface area contributed by atoms with E-state index in [9.17, 15) is 18.0 Å². The summed E-state index contributed by atoms with van der Waals surface area (Å²) in [6, 6.07) is 13.2. The van der Waals surface area contributed by atoms with E-state index in [0.29, 0.717) is 0 Å². The molecule has 0 aliphatic carbocycles. The molecule has 0 saturated carbocycles. The van der Waals surface area contributed by atoms with Gasteiger partial charge < -0.3 is 10.6 Å². The SMILES string of the molecule is C[C@H](NC(=O)c1cccc(S(=O)(=O)N2CCNC(=O)C2)c1)c1ccc(Br)cc1. The van der Waals surface area contributed by atoms with E-state index < -0.39 is 10.0 Å². The molecule has 0 spiro atoms. The molecule has 1 saturated heterocycles. The van der Waals surface area contributed by atoms with Crippen LogP contribution in [0.4, 0.5) is 0 Å². The van der Waals surface area contributed by atoms with Gasteiger partial charge in [-0.2, -0.15) is 4.31 Å². The van der Waals surface area contributed by atoms with Crippen LogP contribution in [0.1, 0.15) is 28.9 Å². The van der Waals surface area contributed by atoms with Gasteiger partial charge in [-0.15, -0.1) is 0 Å². The van der Waals surface area contributed by atoms with Gasteiger partial charge in [-0.25, -0.2) is 8.42 Å². The summed E-state index contributed by atoms with van der Waals surface area (Å²) in [4.78, 5) is 24.1. The molecule has 0 radical (unpaired) electrons. The highest BCUT2D eigenvalue weighted by atomic mass is 79.9. The number of nitrogens with one attached hydrogen (secondary N) is 2. The van der Waals surface area contributed by atoms with Crippen molar-refractivity contribution in [2.24, 2.45) is 0 Å². The number of piperazine rings is 1. The van der Waals surface area contributed by atoms with Gasteiger partial charge in [0.2, 0.25) is 15.9 Å². The van der Waals surface area contributed by atoms with Gasteiger partial charge in [-0.05, 0) is 42.8 Å². The third-order valence-electron chi connectivity index (χ3n) is 4.45. The average molecular weight is 466 g/mol. The standard InChI is InChI=1S/C19H20BrN3O4S/c1-13(14-5-7-16(20)8-6-14)22-19(25)15-3-2-4-17(11-15)28(26,27)23-10-9-21-18(24)12-23/h2-8,11,13H,9-10,12H2,1H3,(H,21,24)(H,22,25)/t13-/m0/s1. The Balaban J connectivity index is 1.77. The normalized spacial score (nSPS) is 16.3. The van der Waals surface area contributed by atoms with Crippen molar-refractivity contribution in [1.82, 2.24) is 14.9 Å². The molecular weight excluding hydrogens is 446 g/mol. The summed E-state index contributed by atoms with van der Waals surface area (Å²) in [5, 5.41) is 5.46. The van der Waals surface area contributed by atoms with Crippen molar-refractivity contribution in [1.29, 1.82) is 0 Å². The van der Waals surface area contributed by atoms with Crippen LogP contribution < -0.4 is 10.6 Å². The molecule has 0 bridgehead atoms. The fourth-order valence-corrected chi connectivity index (χ4v) is 4.59. The summed E-state index contributed by atoms with van der Waals surface area (Å²) in [5.41, 5.74) is 1.17. The lowest BCUT2D eigenvalue weighted by Gasteiger charge is -2.26. The van der Waals surface area contributed by atoms with Crippen molar-refractivity contribution in [2.45, 2.75) is 17.9 Å². The maximum atomic E-state index is 12.8. The number of benzene rings is 2. The quantitative estimate of drug-likeness (QED) is 0.706. The minimum atomic E-state index is -3.85. The molecule has 1 atom stereocenters. The molecule has 2 aromatic carbocycles. The second-order valence-electron chi connectivity index (χ2n) is 6.46. The lowest BCUT2D eigenvalue weighted by Crippen LogP contribution is -2.49. The van der Waals surface area contributed by atoms with Crippen molar-refractivity contribution in [3.8, 4) is 0 Å². The minimum absolute atomic E-state index is 0.00820. The van der Waals surface area contributed by atoms with Crippen LogP contribution in [-0.4, -0.2) is 44.2 Å². The first-order chi connectivity index (χ1) is 13.3. The van der Waals surface area contributed by atoms with E-state index in [1.54, 1.807) is 6.07 Å². The predicted molar refractivity (Wildman–Crippen MR) is 108 cm³/mol. The molecule has 7 nitrogen and oxygen atoms in total. The average Bonchev–Trinajstić information content (AvgIpc) is 2.68. The van der Waals surface area contributed by atoms with Crippen LogP contribution in [-0.2, 0) is 14.8 Å². The van der Waals surface area contributed by atoms with Crippen molar-refractivity contribution in [3.63, 3.8) is 0 Å². The van der Waals surface area contributed by atoms with Gasteiger partial charge in [0, 0.05) is 23.1 Å². The number of carbonyl (C=O) groups is 2. The predicted octanol–water partition coefficient (Wildman–Crippen LogP) is 2.06. The molecular formula is C19H20BrN3O4S. The van der Waals surface area contributed by atoms with E-state index >= 15 is 0 Å². The lowest BCUT2D eigenvalue weighted by atomic mass is 10.1. The summed E-state index contributed by atoms with van der Waals surface area (Å²) in [5.74, 6) is -0.712. The van der Waals surface area contributed by atoms with E-state index in [1.807, 2.05) is 31.2 Å². The van der Waals surface area contributed by atoms with Crippen LogP contribution in [0.5, 0.6) is 0 Å². The Morgan fingerprint density at radius 2 is 1.93 bits per heavy atom. The number of carbonyl (C=O) groups excluding carboxylic acids is 2. The van der Waals surface area contributed by atoms with Crippen LogP contribution in [0.25, 0.3) is 0 Å². The third kappa shape index (κ3) is 4.60. The van der Waals surface area contributed by atoms with Gasteiger partial charge in [0.25, 0.3) is 5.91 Å². The highest BCUT2D eigenvalue weighted by Gasteiger charge is 2.29. The topological polar surface area (TPSA) is 95.6 Å². The van der Waals surface area contributed by atoms with E-state index in [-0.39, 0.29) is 47.9 Å². The molecule has 0 unspecified atom stereocenters. The number of rotatable bonds is 5. The van der Waals surface area contributed by atoms with Crippen molar-refractivity contribution >= 4 is 37.8 Å². The first-order valence-corrected chi connectivity index (χ1v) is 10.9. The van der Waals surface area contributed by atoms with Crippen LogP contribution >= 0.6 is 15.9 Å². The first-order valence-electron chi connectivity index (χ1n) is 8.70. The Morgan fingerprint density at radius 1 is 1.21 bits per heavy atom. The van der Waals surface area contributed by atoms with Crippen molar-refractivity contribution < 1.29 is 18.0 Å². The Hall–Kier alpha value is -2.23. The highest BCUT2D eigenvalue weighted by molar-refractivity contribution is 9.10. The molecule has 3 rings (SSSR count). The minimum Gasteiger partial charge on any atom is -0.354 e. The van der Waals surface area contributed by atoms with Crippen molar-refractivity contribution in [2.75, 3.05) is 19.6 Å². The number of nitrogens with zero attached hydrogens (tertiary/aromatic N) is 1. The van der Waals surface area contributed by atoms with E-state index in [4.69, 9.17) is 0 Å². The van der Waals surface area contributed by atoms with Gasteiger partial charge in [-0.3, -0.25) is 9.59 Å². The monoisotopic (exact) mass is 465 g/mol. The maximum absolute atomic E-state index is 12.8. The molecule has 1 fully saturated rings. The van der Waals surface area contributed by atoms with E-state index in [2.05, 4.69) is 26.6 Å². The molecule has 9 heteroatoms. The van der Waals surface area contributed by atoms with Crippen LogP contribution in [0.15, 0.2) is 57.9 Å². The molecule has 2 N–H and O–H groups in total. The van der Waals surface area contributed by atoms with Gasteiger partial charge in [-0.1, -0.05) is 34.1 Å². The largest absolute Gasteiger partial charge is 0.354 e. The molecule has 28 heavy (non-hydrogen) atoms. The fraction of sp³-hybridized carbons (Fsp3) is 0.263. The van der Waals surface area contributed by atoms with Gasteiger partial charge >= 0.3 is 0 Å². The zero-order valence-electron chi connectivity index (χ0n) is 15.2.